The van der Waals surface area contributed by atoms with Crippen molar-refractivity contribution in [3.8, 4) is 17.2 Å². The van der Waals surface area contributed by atoms with Crippen molar-refractivity contribution in [2.45, 2.75) is 25.0 Å². The van der Waals surface area contributed by atoms with E-state index in [0.29, 0.717) is 17.6 Å². The first-order valence-electron chi connectivity index (χ1n) is 8.65. The van der Waals surface area contributed by atoms with Crippen molar-refractivity contribution in [3.05, 3.63) is 29.8 Å². The quantitative estimate of drug-likeness (QED) is 0.907. The summed E-state index contributed by atoms with van der Waals surface area (Å²) in [6.07, 6.45) is 2.87. The molecule has 2 fully saturated rings. The van der Waals surface area contributed by atoms with E-state index in [4.69, 9.17) is 14.2 Å². The summed E-state index contributed by atoms with van der Waals surface area (Å²) in [4.78, 5) is 6.76. The molecule has 6 nitrogen and oxygen atoms in total. The average molecular weight is 360 g/mol. The molecular weight excluding hydrogens is 340 g/mol. The fraction of sp³-hybridized carbons (Fsp3) is 0.500. The molecule has 3 heterocycles. The number of benzene rings is 1. The van der Waals surface area contributed by atoms with Crippen molar-refractivity contribution in [3.63, 3.8) is 0 Å². The molecule has 0 amide bonds. The van der Waals surface area contributed by atoms with Gasteiger partial charge in [0.2, 0.25) is 6.79 Å². The van der Waals surface area contributed by atoms with Crippen molar-refractivity contribution in [1.82, 2.24) is 4.98 Å². The van der Waals surface area contributed by atoms with E-state index >= 15 is 0 Å². The standard InChI is InChI=1S/C18H20N2O4S/c21-14-5-11-8-20(18-19-3-4-25-18)9-12(11)6-16(14)24-13-1-2-15-17(7-13)23-10-22-15/h1-4,7,11-12,14,16,21H,5-6,8-10H2/t11-,12+,14+,16+/m0/s1. The average Bonchev–Trinajstić information content (AvgIpc) is 3.34. The Hall–Kier alpha value is -1.99. The summed E-state index contributed by atoms with van der Waals surface area (Å²) in [5.74, 6) is 3.21. The number of thiazole rings is 1. The van der Waals surface area contributed by atoms with E-state index in [1.165, 1.54) is 0 Å². The molecule has 1 aliphatic carbocycles. The second-order valence-corrected chi connectivity index (χ2v) is 7.82. The first kappa shape index (κ1) is 15.3. The van der Waals surface area contributed by atoms with Gasteiger partial charge in [0.1, 0.15) is 11.9 Å². The molecule has 0 radical (unpaired) electrons. The van der Waals surface area contributed by atoms with Crippen LogP contribution in [0.5, 0.6) is 17.2 Å². The van der Waals surface area contributed by atoms with Crippen molar-refractivity contribution in [1.29, 1.82) is 0 Å². The number of fused-ring (bicyclic) bond motifs is 2. The number of hydrogen-bond donors (Lipinski definition) is 1. The van der Waals surface area contributed by atoms with Crippen molar-refractivity contribution < 1.29 is 19.3 Å². The van der Waals surface area contributed by atoms with E-state index in [2.05, 4.69) is 9.88 Å². The summed E-state index contributed by atoms with van der Waals surface area (Å²) >= 11 is 1.68. The van der Waals surface area contributed by atoms with E-state index in [-0.39, 0.29) is 12.9 Å². The number of aliphatic hydroxyl groups excluding tert-OH is 1. The Morgan fingerprint density at radius 3 is 2.84 bits per heavy atom. The summed E-state index contributed by atoms with van der Waals surface area (Å²) in [6, 6.07) is 5.58. The normalized spacial score (nSPS) is 30.4. The minimum Gasteiger partial charge on any atom is -0.488 e. The van der Waals surface area contributed by atoms with E-state index in [9.17, 15) is 5.11 Å². The lowest BCUT2D eigenvalue weighted by Crippen LogP contribution is -2.42. The lowest BCUT2D eigenvalue weighted by molar-refractivity contribution is -0.0232. The summed E-state index contributed by atoms with van der Waals surface area (Å²) in [5.41, 5.74) is 0. The maximum absolute atomic E-state index is 10.6. The number of ether oxygens (including phenoxy) is 3. The molecule has 132 valence electrons. The highest BCUT2D eigenvalue weighted by molar-refractivity contribution is 7.13. The van der Waals surface area contributed by atoms with E-state index in [1.54, 1.807) is 11.3 Å². The largest absolute Gasteiger partial charge is 0.488 e. The topological polar surface area (TPSA) is 64.1 Å². The third kappa shape index (κ3) is 2.81. The van der Waals surface area contributed by atoms with Gasteiger partial charge >= 0.3 is 0 Å². The molecule has 1 N–H and O–H groups in total. The van der Waals surface area contributed by atoms with E-state index in [0.717, 1.165) is 42.6 Å². The number of rotatable bonds is 3. The van der Waals surface area contributed by atoms with E-state index in [1.807, 2.05) is 29.8 Å². The molecule has 0 unspecified atom stereocenters. The SMILES string of the molecule is O[C@@H]1C[C@H]2CN(c3nccs3)C[C@H]2C[C@H]1Oc1ccc2c(c1)OCO2. The van der Waals surface area contributed by atoms with Gasteiger partial charge in [0.15, 0.2) is 16.6 Å². The van der Waals surface area contributed by atoms with Crippen molar-refractivity contribution >= 4 is 16.5 Å². The van der Waals surface area contributed by atoms with Gasteiger partial charge in [-0.2, -0.15) is 0 Å². The minimum absolute atomic E-state index is 0.183. The second kappa shape index (κ2) is 6.07. The molecule has 0 spiro atoms. The minimum atomic E-state index is -0.442. The van der Waals surface area contributed by atoms with Crippen LogP contribution in [0.4, 0.5) is 5.13 Å². The van der Waals surface area contributed by atoms with Gasteiger partial charge in [0.05, 0.1) is 6.10 Å². The first-order valence-corrected chi connectivity index (χ1v) is 9.53. The lowest BCUT2D eigenvalue weighted by Gasteiger charge is -2.35. The zero-order valence-corrected chi connectivity index (χ0v) is 14.5. The molecule has 1 saturated heterocycles. The van der Waals surface area contributed by atoms with Gasteiger partial charge in [-0.25, -0.2) is 4.98 Å². The first-order chi connectivity index (χ1) is 12.3. The predicted molar refractivity (Wildman–Crippen MR) is 93.5 cm³/mol. The maximum Gasteiger partial charge on any atom is 0.231 e. The van der Waals surface area contributed by atoms with Crippen molar-refractivity contribution in [2.24, 2.45) is 11.8 Å². The molecular formula is C18H20N2O4S. The smallest absolute Gasteiger partial charge is 0.231 e. The highest BCUT2D eigenvalue weighted by Gasteiger charge is 2.43. The summed E-state index contributed by atoms with van der Waals surface area (Å²) < 4.78 is 16.8. The molecule has 0 bridgehead atoms. The number of hydrogen-bond acceptors (Lipinski definition) is 7. The maximum atomic E-state index is 10.6. The molecule has 4 atom stereocenters. The van der Waals surface area contributed by atoms with Crippen LogP contribution in [0.1, 0.15) is 12.8 Å². The fourth-order valence-electron chi connectivity index (χ4n) is 4.17. The Morgan fingerprint density at radius 2 is 2.00 bits per heavy atom. The van der Waals surface area contributed by atoms with E-state index < -0.39 is 6.10 Å². The van der Waals surface area contributed by atoms with Gasteiger partial charge in [-0.15, -0.1) is 11.3 Å². The van der Waals surface area contributed by atoms with Gasteiger partial charge in [0, 0.05) is 30.7 Å². The number of aliphatic hydroxyl groups is 1. The third-order valence-corrected chi connectivity index (χ3v) is 6.24. The Kier molecular flexibility index (Phi) is 3.71. The fourth-order valence-corrected chi connectivity index (χ4v) is 4.83. The van der Waals surface area contributed by atoms with Crippen LogP contribution < -0.4 is 19.1 Å². The highest BCUT2D eigenvalue weighted by Crippen LogP contribution is 2.41. The third-order valence-electron chi connectivity index (χ3n) is 5.41. The Labute approximate surface area is 150 Å². The molecule has 3 aliphatic rings. The zero-order valence-electron chi connectivity index (χ0n) is 13.7. The lowest BCUT2D eigenvalue weighted by atomic mass is 9.78. The van der Waals surface area contributed by atoms with Crippen LogP contribution in [-0.4, -0.2) is 42.2 Å². The molecule has 1 aromatic carbocycles. The zero-order chi connectivity index (χ0) is 16.8. The Balaban J connectivity index is 1.28. The number of aromatic nitrogens is 1. The predicted octanol–water partition coefficient (Wildman–Crippen LogP) is 2.53. The molecule has 1 aromatic heterocycles. The Morgan fingerprint density at radius 1 is 1.16 bits per heavy atom. The van der Waals surface area contributed by atoms with Crippen LogP contribution in [-0.2, 0) is 0 Å². The Bertz CT molecular complexity index is 754. The molecule has 7 heteroatoms. The number of nitrogens with zero attached hydrogens (tertiary/aromatic N) is 2. The highest BCUT2D eigenvalue weighted by atomic mass is 32.1. The summed E-state index contributed by atoms with van der Waals surface area (Å²) in [6.45, 7) is 2.22. The van der Waals surface area contributed by atoms with Gasteiger partial charge in [-0.1, -0.05) is 0 Å². The van der Waals surface area contributed by atoms with Crippen LogP contribution in [0.3, 0.4) is 0 Å². The van der Waals surface area contributed by atoms with Gasteiger partial charge in [0.25, 0.3) is 0 Å². The van der Waals surface area contributed by atoms with Crippen LogP contribution in [0.2, 0.25) is 0 Å². The van der Waals surface area contributed by atoms with Crippen LogP contribution >= 0.6 is 11.3 Å². The second-order valence-electron chi connectivity index (χ2n) is 6.95. The molecule has 2 aliphatic heterocycles. The van der Waals surface area contributed by atoms with Crippen LogP contribution in [0, 0.1) is 11.8 Å². The monoisotopic (exact) mass is 360 g/mol. The van der Waals surface area contributed by atoms with Gasteiger partial charge in [-0.3, -0.25) is 0 Å². The van der Waals surface area contributed by atoms with Gasteiger partial charge in [-0.05, 0) is 36.8 Å². The van der Waals surface area contributed by atoms with Gasteiger partial charge < -0.3 is 24.2 Å². The summed E-state index contributed by atoms with van der Waals surface area (Å²) in [5, 5.41) is 13.7. The molecule has 5 rings (SSSR count). The molecule has 1 saturated carbocycles. The number of anilines is 1. The molecule has 2 aromatic rings. The molecule has 25 heavy (non-hydrogen) atoms. The van der Waals surface area contributed by atoms with Crippen LogP contribution in [0.25, 0.3) is 0 Å². The van der Waals surface area contributed by atoms with Crippen LogP contribution in [0.15, 0.2) is 29.8 Å². The summed E-state index contributed by atoms with van der Waals surface area (Å²) in [7, 11) is 0. The van der Waals surface area contributed by atoms with Crippen molar-refractivity contribution in [2.75, 3.05) is 24.8 Å².